The highest BCUT2D eigenvalue weighted by molar-refractivity contribution is 5.70. The Morgan fingerprint density at radius 3 is 1.06 bits per heavy atom. The van der Waals surface area contributed by atoms with E-state index in [1.165, 1.54) is 19.3 Å². The molecule has 0 spiro atoms. The van der Waals surface area contributed by atoms with Gasteiger partial charge in [-0.1, -0.05) is 89.5 Å². The van der Waals surface area contributed by atoms with Crippen LogP contribution >= 0.6 is 0 Å². The van der Waals surface area contributed by atoms with Gasteiger partial charge in [-0.15, -0.1) is 0 Å². The van der Waals surface area contributed by atoms with Crippen LogP contribution in [0.1, 0.15) is 150 Å². The molecule has 0 aromatic rings. The zero-order valence-electron chi connectivity index (χ0n) is 26.3. The minimum Gasteiger partial charge on any atom is -0.460 e. The number of ether oxygens (including phenoxy) is 2. The molecule has 0 saturated heterocycles. The normalized spacial score (nSPS) is 13.4. The smallest absolute Gasteiger partial charge is 0.306 e. The number of carbonyl (C=O) groups excluding carboxylic acids is 1. The van der Waals surface area contributed by atoms with Crippen LogP contribution in [0.5, 0.6) is 0 Å². The van der Waals surface area contributed by atoms with E-state index in [1.54, 1.807) is 0 Å². The average Bonchev–Trinajstić information content (AvgIpc) is 2.37. The summed E-state index contributed by atoms with van der Waals surface area (Å²) in [6.45, 7) is 39.2. The second-order valence-corrected chi connectivity index (χ2v) is 16.3. The van der Waals surface area contributed by atoms with Crippen molar-refractivity contribution in [2.24, 2.45) is 21.7 Å². The van der Waals surface area contributed by atoms with Crippen molar-refractivity contribution in [1.82, 2.24) is 0 Å². The number of hydrogen-bond acceptors (Lipinski definition) is 3. The molecular formula is C30H64O3. The van der Waals surface area contributed by atoms with E-state index in [1.807, 2.05) is 41.5 Å². The van der Waals surface area contributed by atoms with Crippen LogP contribution in [0.4, 0.5) is 0 Å². The van der Waals surface area contributed by atoms with Crippen LogP contribution in [0.15, 0.2) is 0 Å². The third kappa shape index (κ3) is 45.6. The Hall–Kier alpha value is -0.570. The highest BCUT2D eigenvalue weighted by atomic mass is 16.6. The molecule has 0 aromatic carbocycles. The van der Waals surface area contributed by atoms with Crippen molar-refractivity contribution in [3.05, 3.63) is 0 Å². The van der Waals surface area contributed by atoms with Crippen LogP contribution in [-0.2, 0) is 14.3 Å². The van der Waals surface area contributed by atoms with Crippen molar-refractivity contribution in [2.75, 3.05) is 6.61 Å². The first-order valence-corrected chi connectivity index (χ1v) is 12.9. The number of esters is 1. The Balaban J connectivity index is -0.000000411. The fourth-order valence-corrected chi connectivity index (χ4v) is 2.39. The Morgan fingerprint density at radius 2 is 0.879 bits per heavy atom. The lowest BCUT2D eigenvalue weighted by Gasteiger charge is -2.26. The Bertz CT molecular complexity index is 458. The molecule has 0 rings (SSSR count). The summed E-state index contributed by atoms with van der Waals surface area (Å²) in [5.74, 6) is -0.116. The number of rotatable bonds is 4. The molecule has 0 aromatic heterocycles. The van der Waals surface area contributed by atoms with Crippen LogP contribution < -0.4 is 0 Å². The van der Waals surface area contributed by atoms with Gasteiger partial charge < -0.3 is 9.47 Å². The third-order valence-corrected chi connectivity index (χ3v) is 3.89. The molecule has 0 fully saturated rings. The van der Waals surface area contributed by atoms with Gasteiger partial charge in [-0.05, 0) is 76.0 Å². The topological polar surface area (TPSA) is 35.5 Å². The zero-order chi connectivity index (χ0) is 27.5. The second kappa shape index (κ2) is 14.1. The van der Waals surface area contributed by atoms with Crippen molar-refractivity contribution < 1.29 is 14.3 Å². The lowest BCUT2D eigenvalue weighted by molar-refractivity contribution is -0.156. The highest BCUT2D eigenvalue weighted by Crippen LogP contribution is 2.27. The first kappa shape index (κ1) is 37.0. The quantitative estimate of drug-likeness (QED) is 0.382. The van der Waals surface area contributed by atoms with Gasteiger partial charge in [-0.2, -0.15) is 0 Å². The van der Waals surface area contributed by atoms with E-state index in [0.717, 1.165) is 6.61 Å². The summed E-state index contributed by atoms with van der Waals surface area (Å²) in [4.78, 5) is 11.3. The molecule has 202 valence electrons. The van der Waals surface area contributed by atoms with Crippen LogP contribution in [-0.4, -0.2) is 23.8 Å². The second-order valence-electron chi connectivity index (χ2n) is 16.3. The van der Waals surface area contributed by atoms with Crippen molar-refractivity contribution in [2.45, 2.75) is 162 Å². The molecule has 0 radical (unpaired) electrons. The van der Waals surface area contributed by atoms with Crippen molar-refractivity contribution in [3.8, 4) is 0 Å². The third-order valence-electron chi connectivity index (χ3n) is 3.89. The van der Waals surface area contributed by atoms with Crippen molar-refractivity contribution in [1.29, 1.82) is 0 Å². The standard InChI is InChI=1S/C11H24.C10H20O2.C9H20O/c1-10(2,3)8-7-9-11(4,5)6;1-9(2,3)7-8(11)12-10(4,5)6;1-8(2,3)7-10-9(4,5)6/h7-9H2,1-6H3;7H2,1-6H3;7H2,1-6H3. The van der Waals surface area contributed by atoms with Gasteiger partial charge in [0, 0.05) is 0 Å². The van der Waals surface area contributed by atoms with Crippen molar-refractivity contribution in [3.63, 3.8) is 0 Å². The average molecular weight is 473 g/mol. The van der Waals surface area contributed by atoms with Crippen LogP contribution in [0.3, 0.4) is 0 Å². The van der Waals surface area contributed by atoms with Crippen LogP contribution in [0.25, 0.3) is 0 Å². The van der Waals surface area contributed by atoms with Gasteiger partial charge in [0.1, 0.15) is 5.60 Å². The Morgan fingerprint density at radius 1 is 0.515 bits per heavy atom. The van der Waals surface area contributed by atoms with Gasteiger partial charge >= 0.3 is 5.97 Å². The van der Waals surface area contributed by atoms with E-state index in [9.17, 15) is 4.79 Å². The fourth-order valence-electron chi connectivity index (χ4n) is 2.39. The largest absolute Gasteiger partial charge is 0.460 e. The molecule has 0 bridgehead atoms. The Labute approximate surface area is 210 Å². The molecule has 33 heavy (non-hydrogen) atoms. The van der Waals surface area contributed by atoms with Gasteiger partial charge in [0.25, 0.3) is 0 Å². The SMILES string of the molecule is CC(C)(C)CC(=O)OC(C)(C)C.CC(C)(C)CCCC(C)(C)C.CC(C)(C)COC(C)(C)C. The summed E-state index contributed by atoms with van der Waals surface area (Å²) >= 11 is 0. The summed E-state index contributed by atoms with van der Waals surface area (Å²) in [7, 11) is 0. The predicted octanol–water partition coefficient (Wildman–Crippen LogP) is 9.86. The zero-order valence-corrected chi connectivity index (χ0v) is 26.3. The molecule has 0 N–H and O–H groups in total. The monoisotopic (exact) mass is 472 g/mol. The molecule has 0 aliphatic heterocycles. The van der Waals surface area contributed by atoms with E-state index >= 15 is 0 Å². The number of carbonyl (C=O) groups is 1. The van der Waals surface area contributed by atoms with E-state index in [0.29, 0.717) is 17.3 Å². The Kier molecular flexibility index (Phi) is 15.8. The minimum absolute atomic E-state index is 0.00722. The summed E-state index contributed by atoms with van der Waals surface area (Å²) < 4.78 is 10.8. The minimum atomic E-state index is -0.359. The van der Waals surface area contributed by atoms with Gasteiger partial charge in [0.2, 0.25) is 0 Å². The lowest BCUT2D eigenvalue weighted by Crippen LogP contribution is -2.26. The van der Waals surface area contributed by atoms with Gasteiger partial charge in [-0.3, -0.25) is 4.79 Å². The van der Waals surface area contributed by atoms with Gasteiger partial charge in [0.05, 0.1) is 18.6 Å². The number of hydrogen-bond donors (Lipinski definition) is 0. The molecular weight excluding hydrogens is 408 g/mol. The van der Waals surface area contributed by atoms with Gasteiger partial charge in [0.15, 0.2) is 0 Å². The van der Waals surface area contributed by atoms with Crippen LogP contribution in [0, 0.1) is 21.7 Å². The van der Waals surface area contributed by atoms with Crippen molar-refractivity contribution >= 4 is 5.97 Å². The molecule has 3 heteroatoms. The first-order valence-electron chi connectivity index (χ1n) is 12.9. The molecule has 0 amide bonds. The summed E-state index contributed by atoms with van der Waals surface area (Å²) in [6.07, 6.45) is 4.55. The van der Waals surface area contributed by atoms with Crippen LogP contribution in [0.2, 0.25) is 0 Å². The molecule has 0 heterocycles. The van der Waals surface area contributed by atoms with E-state index < -0.39 is 0 Å². The summed E-state index contributed by atoms with van der Waals surface area (Å²) in [5, 5.41) is 0. The first-order chi connectivity index (χ1) is 14.0. The molecule has 0 saturated carbocycles. The molecule has 0 aliphatic rings. The van der Waals surface area contributed by atoms with E-state index in [-0.39, 0.29) is 28.0 Å². The lowest BCUT2D eigenvalue weighted by atomic mass is 9.84. The fraction of sp³-hybridized carbons (Fsp3) is 0.967. The predicted molar refractivity (Wildman–Crippen MR) is 148 cm³/mol. The summed E-state index contributed by atoms with van der Waals surface area (Å²) in [5.41, 5.74) is 0.988. The molecule has 0 aliphatic carbocycles. The van der Waals surface area contributed by atoms with Gasteiger partial charge in [-0.25, -0.2) is 0 Å². The van der Waals surface area contributed by atoms with E-state index in [2.05, 4.69) is 83.1 Å². The summed E-state index contributed by atoms with van der Waals surface area (Å²) in [6, 6.07) is 0. The molecule has 0 unspecified atom stereocenters. The maximum atomic E-state index is 11.3. The maximum absolute atomic E-state index is 11.3. The maximum Gasteiger partial charge on any atom is 0.306 e. The van der Waals surface area contributed by atoms with E-state index in [4.69, 9.17) is 9.47 Å². The molecule has 3 nitrogen and oxygen atoms in total. The highest BCUT2D eigenvalue weighted by Gasteiger charge is 2.22. The molecule has 0 atom stereocenters.